The predicted octanol–water partition coefficient (Wildman–Crippen LogP) is 2.94. The summed E-state index contributed by atoms with van der Waals surface area (Å²) < 4.78 is 1.82. The highest BCUT2D eigenvalue weighted by atomic mass is 16.3. The zero-order chi connectivity index (χ0) is 13.2. The van der Waals surface area contributed by atoms with E-state index >= 15 is 0 Å². The molecule has 0 bridgehead atoms. The van der Waals surface area contributed by atoms with Gasteiger partial charge in [0.15, 0.2) is 0 Å². The number of rotatable bonds is 5. The molecule has 0 amide bonds. The van der Waals surface area contributed by atoms with Gasteiger partial charge in [-0.2, -0.15) is 0 Å². The van der Waals surface area contributed by atoms with Gasteiger partial charge >= 0.3 is 0 Å². The highest BCUT2D eigenvalue weighted by Crippen LogP contribution is 2.51. The molecule has 1 saturated carbocycles. The lowest BCUT2D eigenvalue weighted by molar-refractivity contribution is 0.00504. The van der Waals surface area contributed by atoms with Gasteiger partial charge in [-0.15, -0.1) is 5.10 Å². The fourth-order valence-corrected chi connectivity index (χ4v) is 3.52. The van der Waals surface area contributed by atoms with Crippen LogP contribution >= 0.6 is 0 Å². The van der Waals surface area contributed by atoms with E-state index in [9.17, 15) is 5.11 Å². The Kier molecular flexibility index (Phi) is 4.05. The Hall–Kier alpha value is -0.900. The van der Waals surface area contributed by atoms with E-state index in [0.717, 1.165) is 31.5 Å². The normalized spacial score (nSPS) is 20.5. The summed E-state index contributed by atoms with van der Waals surface area (Å²) in [7, 11) is 0. The van der Waals surface area contributed by atoms with Crippen molar-refractivity contribution in [2.24, 2.45) is 11.3 Å². The van der Waals surface area contributed by atoms with Crippen LogP contribution in [-0.4, -0.2) is 20.1 Å². The van der Waals surface area contributed by atoms with Gasteiger partial charge in [-0.1, -0.05) is 31.9 Å². The fourth-order valence-electron chi connectivity index (χ4n) is 3.52. The molecule has 18 heavy (non-hydrogen) atoms. The van der Waals surface area contributed by atoms with Crippen LogP contribution in [0.2, 0.25) is 0 Å². The molecule has 1 aliphatic carbocycles. The van der Waals surface area contributed by atoms with E-state index in [1.165, 1.54) is 12.8 Å². The van der Waals surface area contributed by atoms with E-state index in [-0.39, 0.29) is 5.41 Å². The average Bonchev–Trinajstić information content (AvgIpc) is 2.95. The van der Waals surface area contributed by atoms with Gasteiger partial charge in [-0.3, -0.25) is 0 Å². The van der Waals surface area contributed by atoms with E-state index < -0.39 is 6.10 Å². The first-order valence-electron chi connectivity index (χ1n) is 7.15. The smallest absolute Gasteiger partial charge is 0.103 e. The fraction of sp³-hybridized carbons (Fsp3) is 0.857. The molecule has 102 valence electrons. The van der Waals surface area contributed by atoms with Gasteiger partial charge in [-0.05, 0) is 32.1 Å². The minimum Gasteiger partial charge on any atom is -0.386 e. The quantitative estimate of drug-likeness (QED) is 0.875. The van der Waals surface area contributed by atoms with Crippen molar-refractivity contribution in [1.82, 2.24) is 15.0 Å². The largest absolute Gasteiger partial charge is 0.386 e. The SMILES string of the molecule is CCn1nncc1C(O)C1(CC(C)C)CCCC1. The predicted molar refractivity (Wildman–Crippen MR) is 71.0 cm³/mol. The molecular formula is C14H25N3O. The maximum atomic E-state index is 10.8. The van der Waals surface area contributed by atoms with Crippen LogP contribution in [0.3, 0.4) is 0 Å². The molecule has 1 fully saturated rings. The number of aliphatic hydroxyl groups is 1. The van der Waals surface area contributed by atoms with Gasteiger partial charge in [0.2, 0.25) is 0 Å². The summed E-state index contributed by atoms with van der Waals surface area (Å²) in [5.41, 5.74) is 0.933. The second-order valence-corrected chi connectivity index (χ2v) is 6.04. The molecule has 0 saturated heterocycles. The summed E-state index contributed by atoms with van der Waals surface area (Å²) in [6, 6.07) is 0. The second-order valence-electron chi connectivity index (χ2n) is 6.04. The van der Waals surface area contributed by atoms with Crippen LogP contribution in [0.5, 0.6) is 0 Å². The van der Waals surface area contributed by atoms with Crippen molar-refractivity contribution < 1.29 is 5.11 Å². The van der Waals surface area contributed by atoms with Gasteiger partial charge in [0, 0.05) is 12.0 Å². The molecule has 0 radical (unpaired) electrons. The Labute approximate surface area is 109 Å². The van der Waals surface area contributed by atoms with Crippen molar-refractivity contribution in [1.29, 1.82) is 0 Å². The first kappa shape index (κ1) is 13.5. The molecule has 1 N–H and O–H groups in total. The topological polar surface area (TPSA) is 50.9 Å². The van der Waals surface area contributed by atoms with E-state index in [4.69, 9.17) is 0 Å². The molecule has 4 nitrogen and oxygen atoms in total. The van der Waals surface area contributed by atoms with Crippen LogP contribution in [0, 0.1) is 11.3 Å². The van der Waals surface area contributed by atoms with E-state index in [2.05, 4.69) is 24.2 Å². The number of aryl methyl sites for hydroxylation is 1. The van der Waals surface area contributed by atoms with Gasteiger partial charge in [0.1, 0.15) is 6.10 Å². The molecule has 4 heteroatoms. The van der Waals surface area contributed by atoms with Crippen molar-refractivity contribution in [2.45, 2.75) is 65.5 Å². The average molecular weight is 251 g/mol. The first-order valence-corrected chi connectivity index (χ1v) is 7.15. The maximum Gasteiger partial charge on any atom is 0.103 e. The molecular weight excluding hydrogens is 226 g/mol. The third kappa shape index (κ3) is 2.44. The summed E-state index contributed by atoms with van der Waals surface area (Å²) in [6.07, 6.45) is 7.12. The minimum atomic E-state index is -0.419. The molecule has 0 spiro atoms. The van der Waals surface area contributed by atoms with Crippen LogP contribution in [0.4, 0.5) is 0 Å². The monoisotopic (exact) mass is 251 g/mol. The van der Waals surface area contributed by atoms with Gasteiger partial charge in [0.25, 0.3) is 0 Å². The van der Waals surface area contributed by atoms with Crippen LogP contribution < -0.4 is 0 Å². The zero-order valence-electron chi connectivity index (χ0n) is 11.8. The third-order valence-corrected chi connectivity index (χ3v) is 4.22. The highest BCUT2D eigenvalue weighted by molar-refractivity contribution is 5.07. The molecule has 1 aromatic rings. The molecule has 1 heterocycles. The molecule has 1 atom stereocenters. The Morgan fingerprint density at radius 1 is 1.39 bits per heavy atom. The summed E-state index contributed by atoms with van der Waals surface area (Å²) in [6.45, 7) is 7.28. The van der Waals surface area contributed by atoms with E-state index in [1.54, 1.807) is 6.20 Å². The van der Waals surface area contributed by atoms with Crippen LogP contribution in [0.1, 0.15) is 64.7 Å². The maximum absolute atomic E-state index is 10.8. The number of aliphatic hydroxyl groups excluding tert-OH is 1. The van der Waals surface area contributed by atoms with Crippen LogP contribution in [-0.2, 0) is 6.54 Å². The van der Waals surface area contributed by atoms with Crippen molar-refractivity contribution in [2.75, 3.05) is 0 Å². The van der Waals surface area contributed by atoms with Crippen LogP contribution in [0.15, 0.2) is 6.20 Å². The lowest BCUT2D eigenvalue weighted by Gasteiger charge is -2.35. The zero-order valence-corrected chi connectivity index (χ0v) is 11.8. The van der Waals surface area contributed by atoms with Crippen molar-refractivity contribution >= 4 is 0 Å². The molecule has 2 rings (SSSR count). The van der Waals surface area contributed by atoms with E-state index in [0.29, 0.717) is 5.92 Å². The number of hydrogen-bond acceptors (Lipinski definition) is 3. The number of aromatic nitrogens is 3. The van der Waals surface area contributed by atoms with Gasteiger partial charge < -0.3 is 5.11 Å². The molecule has 0 aliphatic heterocycles. The number of nitrogens with zero attached hydrogens (tertiary/aromatic N) is 3. The van der Waals surface area contributed by atoms with Gasteiger partial charge in [-0.25, -0.2) is 4.68 Å². The first-order chi connectivity index (χ1) is 8.59. The minimum absolute atomic E-state index is 0.0444. The lowest BCUT2D eigenvalue weighted by Crippen LogP contribution is -2.29. The van der Waals surface area contributed by atoms with E-state index in [1.807, 2.05) is 11.6 Å². The highest BCUT2D eigenvalue weighted by Gasteiger charge is 2.42. The van der Waals surface area contributed by atoms with Gasteiger partial charge in [0.05, 0.1) is 11.9 Å². The molecule has 1 aliphatic rings. The summed E-state index contributed by atoms with van der Waals surface area (Å²) in [5, 5.41) is 18.8. The van der Waals surface area contributed by atoms with Crippen molar-refractivity contribution in [3.05, 3.63) is 11.9 Å². The third-order valence-electron chi connectivity index (χ3n) is 4.22. The van der Waals surface area contributed by atoms with Crippen LogP contribution in [0.25, 0.3) is 0 Å². The Bertz CT molecular complexity index is 380. The summed E-state index contributed by atoms with van der Waals surface area (Å²) in [5.74, 6) is 0.615. The Balaban J connectivity index is 2.25. The second kappa shape index (κ2) is 5.39. The van der Waals surface area contributed by atoms with Crippen molar-refractivity contribution in [3.63, 3.8) is 0 Å². The Morgan fingerprint density at radius 3 is 2.61 bits per heavy atom. The van der Waals surface area contributed by atoms with Crippen molar-refractivity contribution in [3.8, 4) is 0 Å². The summed E-state index contributed by atoms with van der Waals surface area (Å²) >= 11 is 0. The summed E-state index contributed by atoms with van der Waals surface area (Å²) in [4.78, 5) is 0. The lowest BCUT2D eigenvalue weighted by atomic mass is 9.73. The molecule has 0 aromatic carbocycles. The molecule has 1 aromatic heterocycles. The Morgan fingerprint density at radius 2 is 2.06 bits per heavy atom. The standard InChI is InChI=1S/C14H25N3O/c1-4-17-12(10-15-16-17)13(18)14(9-11(2)3)7-5-6-8-14/h10-11,13,18H,4-9H2,1-3H3. The molecule has 1 unspecified atom stereocenters. The number of hydrogen-bond donors (Lipinski definition) is 1.